The minimum Gasteiger partial charge on any atom is -0.465 e. The molecule has 1 saturated heterocycles. The summed E-state index contributed by atoms with van der Waals surface area (Å²) < 4.78 is 45.4. The van der Waals surface area contributed by atoms with E-state index in [1.807, 2.05) is 4.90 Å². The largest absolute Gasteiger partial charge is 0.465 e. The Morgan fingerprint density at radius 3 is 2.59 bits per heavy atom. The van der Waals surface area contributed by atoms with Crippen molar-refractivity contribution in [1.82, 2.24) is 0 Å². The summed E-state index contributed by atoms with van der Waals surface area (Å²) in [6.45, 7) is 3.63. The molecule has 6 nitrogen and oxygen atoms in total. The molecule has 1 saturated carbocycles. The van der Waals surface area contributed by atoms with Gasteiger partial charge >= 0.3 is 5.97 Å². The van der Waals surface area contributed by atoms with Gasteiger partial charge in [0.15, 0.2) is 4.91 Å². The maximum atomic E-state index is 14.9. The summed E-state index contributed by atoms with van der Waals surface area (Å²) in [6, 6.07) is 2.81. The van der Waals surface area contributed by atoms with Crippen molar-refractivity contribution in [2.75, 3.05) is 30.0 Å². The molecule has 8 heteroatoms. The standard InChI is InChI=1S/C19H23FN2O4S/c1-12-4-3-7-21(10-12)15-9-16-17(8-14(15)20)27(24,25)18(19(23)26-2)11-22(16)13-5-6-13/h8-9,11-13H,3-7,10H2,1-2H3/t12-/m1/s1. The lowest BCUT2D eigenvalue weighted by atomic mass is 9.99. The smallest absolute Gasteiger partial charge is 0.351 e. The van der Waals surface area contributed by atoms with E-state index in [9.17, 15) is 17.6 Å². The molecule has 3 aliphatic rings. The highest BCUT2D eigenvalue weighted by Crippen LogP contribution is 2.44. The van der Waals surface area contributed by atoms with Gasteiger partial charge in [-0.2, -0.15) is 0 Å². The number of anilines is 2. The maximum absolute atomic E-state index is 14.9. The number of halogens is 1. The quantitative estimate of drug-likeness (QED) is 0.735. The molecule has 4 rings (SSSR count). The average molecular weight is 394 g/mol. The second kappa shape index (κ2) is 6.51. The molecule has 0 spiro atoms. The van der Waals surface area contributed by atoms with Crippen LogP contribution in [0.3, 0.4) is 0 Å². The van der Waals surface area contributed by atoms with Crippen LogP contribution in [-0.4, -0.2) is 40.6 Å². The first kappa shape index (κ1) is 18.3. The van der Waals surface area contributed by atoms with Crippen LogP contribution in [0.25, 0.3) is 0 Å². The highest BCUT2D eigenvalue weighted by atomic mass is 32.2. The molecule has 2 heterocycles. The zero-order valence-corrected chi connectivity index (χ0v) is 16.3. The summed E-state index contributed by atoms with van der Waals surface area (Å²) in [7, 11) is -2.99. The van der Waals surface area contributed by atoms with Crippen molar-refractivity contribution in [1.29, 1.82) is 0 Å². The number of rotatable bonds is 3. The van der Waals surface area contributed by atoms with E-state index in [4.69, 9.17) is 0 Å². The monoisotopic (exact) mass is 394 g/mol. The lowest BCUT2D eigenvalue weighted by Crippen LogP contribution is -2.36. The van der Waals surface area contributed by atoms with Gasteiger partial charge in [-0.05, 0) is 43.7 Å². The van der Waals surface area contributed by atoms with Gasteiger partial charge < -0.3 is 14.5 Å². The van der Waals surface area contributed by atoms with Gasteiger partial charge in [0, 0.05) is 25.3 Å². The first-order chi connectivity index (χ1) is 12.8. The summed E-state index contributed by atoms with van der Waals surface area (Å²) in [5.41, 5.74) is 0.871. The molecule has 1 aliphatic carbocycles. The Morgan fingerprint density at radius 1 is 1.22 bits per heavy atom. The van der Waals surface area contributed by atoms with Crippen LogP contribution in [0.1, 0.15) is 32.6 Å². The number of piperidine rings is 1. The molecule has 0 bridgehead atoms. The number of benzene rings is 1. The van der Waals surface area contributed by atoms with Crippen molar-refractivity contribution < 1.29 is 22.3 Å². The van der Waals surface area contributed by atoms with E-state index in [-0.39, 0.29) is 10.9 Å². The fourth-order valence-electron chi connectivity index (χ4n) is 3.90. The third-order valence-electron chi connectivity index (χ3n) is 5.47. The summed E-state index contributed by atoms with van der Waals surface area (Å²) in [4.78, 5) is 15.2. The zero-order chi connectivity index (χ0) is 19.3. The van der Waals surface area contributed by atoms with Crippen LogP contribution < -0.4 is 9.80 Å². The third-order valence-corrected chi connectivity index (χ3v) is 7.22. The van der Waals surface area contributed by atoms with E-state index in [2.05, 4.69) is 11.7 Å². The summed E-state index contributed by atoms with van der Waals surface area (Å²) >= 11 is 0. The molecule has 1 aromatic rings. The van der Waals surface area contributed by atoms with Gasteiger partial charge in [0.05, 0.1) is 23.4 Å². The number of fused-ring (bicyclic) bond motifs is 1. The van der Waals surface area contributed by atoms with Gasteiger partial charge in [-0.1, -0.05) is 6.92 Å². The third kappa shape index (κ3) is 3.09. The lowest BCUT2D eigenvalue weighted by molar-refractivity contribution is -0.135. The Hall–Kier alpha value is -2.09. The zero-order valence-electron chi connectivity index (χ0n) is 15.4. The van der Waals surface area contributed by atoms with Crippen LogP contribution in [0.2, 0.25) is 0 Å². The minimum absolute atomic E-state index is 0.123. The molecule has 0 radical (unpaired) electrons. The van der Waals surface area contributed by atoms with E-state index in [1.165, 1.54) is 6.20 Å². The number of methoxy groups -OCH3 is 1. The van der Waals surface area contributed by atoms with Crippen molar-refractivity contribution >= 4 is 27.2 Å². The van der Waals surface area contributed by atoms with Gasteiger partial charge in [-0.25, -0.2) is 17.6 Å². The Labute approximate surface area is 158 Å². The van der Waals surface area contributed by atoms with Crippen molar-refractivity contribution in [3.63, 3.8) is 0 Å². The maximum Gasteiger partial charge on any atom is 0.351 e. The highest BCUT2D eigenvalue weighted by molar-refractivity contribution is 7.96. The summed E-state index contributed by atoms with van der Waals surface area (Å²) in [5.74, 6) is -1.04. The van der Waals surface area contributed by atoms with Crippen molar-refractivity contribution in [3.05, 3.63) is 29.1 Å². The molecule has 146 valence electrons. The number of esters is 1. The molecular weight excluding hydrogens is 371 g/mol. The summed E-state index contributed by atoms with van der Waals surface area (Å²) in [5, 5.41) is 0. The Balaban J connectivity index is 1.84. The van der Waals surface area contributed by atoms with E-state index >= 15 is 0 Å². The fourth-order valence-corrected chi connectivity index (χ4v) is 5.39. The number of carbonyl (C=O) groups is 1. The minimum atomic E-state index is -4.13. The lowest BCUT2D eigenvalue weighted by Gasteiger charge is -2.35. The normalized spacial score (nSPS) is 24.3. The average Bonchev–Trinajstić information content (AvgIpc) is 3.46. The van der Waals surface area contributed by atoms with Crippen LogP contribution in [0.5, 0.6) is 0 Å². The van der Waals surface area contributed by atoms with Gasteiger partial charge in [0.2, 0.25) is 9.84 Å². The first-order valence-electron chi connectivity index (χ1n) is 9.25. The van der Waals surface area contributed by atoms with Crippen molar-refractivity contribution in [2.24, 2.45) is 5.92 Å². The van der Waals surface area contributed by atoms with Crippen LogP contribution in [0.15, 0.2) is 28.1 Å². The fraction of sp³-hybridized carbons (Fsp3) is 0.526. The van der Waals surface area contributed by atoms with Crippen LogP contribution in [0, 0.1) is 11.7 Å². The predicted molar refractivity (Wildman–Crippen MR) is 99.8 cm³/mol. The van der Waals surface area contributed by atoms with Crippen molar-refractivity contribution in [2.45, 2.75) is 43.5 Å². The van der Waals surface area contributed by atoms with Crippen LogP contribution in [-0.2, 0) is 19.4 Å². The summed E-state index contributed by atoms with van der Waals surface area (Å²) in [6.07, 6.45) is 5.24. The molecular formula is C19H23FN2O4S. The molecule has 1 atom stereocenters. The molecule has 2 aliphatic heterocycles. The number of sulfone groups is 1. The molecule has 0 unspecified atom stereocenters. The van der Waals surface area contributed by atoms with Crippen LogP contribution in [0.4, 0.5) is 15.8 Å². The van der Waals surface area contributed by atoms with Gasteiger partial charge in [0.25, 0.3) is 0 Å². The predicted octanol–water partition coefficient (Wildman–Crippen LogP) is 2.83. The number of nitrogens with zero attached hydrogens (tertiary/aromatic N) is 2. The van der Waals surface area contributed by atoms with Gasteiger partial charge in [0.1, 0.15) is 5.82 Å². The first-order valence-corrected chi connectivity index (χ1v) is 10.7. The number of ether oxygens (including phenoxy) is 1. The number of carbonyl (C=O) groups excluding carboxylic acids is 1. The Kier molecular flexibility index (Phi) is 4.41. The molecule has 0 amide bonds. The Morgan fingerprint density at radius 2 is 1.96 bits per heavy atom. The van der Waals surface area contributed by atoms with E-state index in [1.54, 1.807) is 11.0 Å². The Bertz CT molecular complexity index is 924. The molecule has 27 heavy (non-hydrogen) atoms. The second-order valence-electron chi connectivity index (χ2n) is 7.59. The number of hydrogen-bond acceptors (Lipinski definition) is 6. The SMILES string of the molecule is COC(=O)C1=CN(C2CC2)c2cc(N3CCC[C@@H](C)C3)c(F)cc2S1(=O)=O. The van der Waals surface area contributed by atoms with E-state index in [0.29, 0.717) is 17.3 Å². The highest BCUT2D eigenvalue weighted by Gasteiger charge is 2.41. The molecule has 2 fully saturated rings. The van der Waals surface area contributed by atoms with Gasteiger partial charge in [-0.15, -0.1) is 0 Å². The topological polar surface area (TPSA) is 66.9 Å². The van der Waals surface area contributed by atoms with Crippen molar-refractivity contribution in [3.8, 4) is 0 Å². The number of hydrogen-bond donors (Lipinski definition) is 0. The van der Waals surface area contributed by atoms with E-state index < -0.39 is 26.5 Å². The van der Waals surface area contributed by atoms with E-state index in [0.717, 1.165) is 51.9 Å². The molecule has 0 aromatic heterocycles. The second-order valence-corrected chi connectivity index (χ2v) is 9.48. The van der Waals surface area contributed by atoms with Crippen LogP contribution >= 0.6 is 0 Å². The van der Waals surface area contributed by atoms with Gasteiger partial charge in [-0.3, -0.25) is 0 Å². The molecule has 0 N–H and O–H groups in total. The molecule has 1 aromatic carbocycles.